The van der Waals surface area contributed by atoms with Gasteiger partial charge in [-0.1, -0.05) is 6.58 Å². The molecule has 18 heavy (non-hydrogen) atoms. The molecule has 0 aliphatic heterocycles. The van der Waals surface area contributed by atoms with E-state index in [0.29, 0.717) is 12.0 Å². The van der Waals surface area contributed by atoms with Crippen LogP contribution in [0.15, 0.2) is 31.0 Å². The molecule has 0 fully saturated rings. The first-order chi connectivity index (χ1) is 8.60. The largest absolute Gasteiger partial charge is 0.323 e. The van der Waals surface area contributed by atoms with Crippen LogP contribution < -0.4 is 10.2 Å². The van der Waals surface area contributed by atoms with Crippen LogP contribution in [-0.4, -0.2) is 29.6 Å². The summed E-state index contributed by atoms with van der Waals surface area (Å²) in [6.45, 7) is 4.54. The van der Waals surface area contributed by atoms with Crippen LogP contribution in [-0.2, 0) is 14.4 Å². The van der Waals surface area contributed by atoms with E-state index in [1.807, 2.05) is 0 Å². The first-order valence-corrected chi connectivity index (χ1v) is 5.20. The van der Waals surface area contributed by atoms with E-state index in [9.17, 15) is 14.4 Å². The third-order valence-electron chi connectivity index (χ3n) is 2.05. The van der Waals surface area contributed by atoms with Crippen LogP contribution in [0.2, 0.25) is 0 Å². The number of hydrogen-bond acceptors (Lipinski definition) is 4. The Labute approximate surface area is 104 Å². The highest BCUT2D eigenvalue weighted by molar-refractivity contribution is 6.05. The molecular formula is C12H13N3O3. The second-order valence-electron chi connectivity index (χ2n) is 3.38. The van der Waals surface area contributed by atoms with E-state index in [1.165, 1.54) is 13.1 Å². The number of anilines is 2. The van der Waals surface area contributed by atoms with Gasteiger partial charge in [0.05, 0.1) is 12.2 Å². The maximum absolute atomic E-state index is 11.6. The number of carbonyl (C=O) groups is 3. The molecule has 0 saturated carbocycles. The molecule has 0 aromatic carbocycles. The summed E-state index contributed by atoms with van der Waals surface area (Å²) in [7, 11) is 0. The maximum Gasteiger partial charge on any atom is 0.252 e. The van der Waals surface area contributed by atoms with Crippen LogP contribution in [0.3, 0.4) is 0 Å². The minimum absolute atomic E-state index is 0.158. The Morgan fingerprint density at radius 3 is 2.83 bits per heavy atom. The number of rotatable bonds is 5. The molecular weight excluding hydrogens is 234 g/mol. The summed E-state index contributed by atoms with van der Waals surface area (Å²) >= 11 is 0. The van der Waals surface area contributed by atoms with Gasteiger partial charge in [-0.25, -0.2) is 4.98 Å². The molecule has 0 unspecified atom stereocenters. The number of aldehydes is 1. The lowest BCUT2D eigenvalue weighted by Gasteiger charge is -2.20. The van der Waals surface area contributed by atoms with Gasteiger partial charge in [-0.3, -0.25) is 14.5 Å². The number of hydrogen-bond donors (Lipinski definition) is 1. The number of pyridine rings is 1. The minimum Gasteiger partial charge on any atom is -0.323 e. The summed E-state index contributed by atoms with van der Waals surface area (Å²) in [5, 5.41) is 2.55. The molecule has 1 N–H and O–H groups in total. The zero-order valence-corrected chi connectivity index (χ0v) is 9.92. The molecule has 2 amide bonds. The van der Waals surface area contributed by atoms with E-state index in [0.717, 1.165) is 11.0 Å². The monoisotopic (exact) mass is 247 g/mol. The topological polar surface area (TPSA) is 79.4 Å². The van der Waals surface area contributed by atoms with Crippen molar-refractivity contribution >= 4 is 29.6 Å². The summed E-state index contributed by atoms with van der Waals surface area (Å²) in [6.07, 6.45) is 3.12. The van der Waals surface area contributed by atoms with E-state index in [4.69, 9.17) is 0 Å². The van der Waals surface area contributed by atoms with Crippen molar-refractivity contribution in [3.8, 4) is 0 Å². The van der Waals surface area contributed by atoms with Crippen molar-refractivity contribution in [2.24, 2.45) is 0 Å². The molecule has 0 aliphatic carbocycles. The number of aromatic nitrogens is 1. The average Bonchev–Trinajstić information content (AvgIpc) is 2.35. The van der Waals surface area contributed by atoms with Crippen molar-refractivity contribution in [3.63, 3.8) is 0 Å². The minimum atomic E-state index is -0.465. The quantitative estimate of drug-likeness (QED) is 0.615. The van der Waals surface area contributed by atoms with Gasteiger partial charge in [0.2, 0.25) is 5.91 Å². The van der Waals surface area contributed by atoms with Crippen molar-refractivity contribution in [2.45, 2.75) is 6.92 Å². The van der Waals surface area contributed by atoms with Gasteiger partial charge in [0.15, 0.2) is 5.82 Å². The van der Waals surface area contributed by atoms with Crippen molar-refractivity contribution in [2.75, 3.05) is 16.8 Å². The Kier molecular flexibility index (Phi) is 4.74. The second kappa shape index (κ2) is 6.29. The van der Waals surface area contributed by atoms with Crippen molar-refractivity contribution < 1.29 is 14.4 Å². The summed E-state index contributed by atoms with van der Waals surface area (Å²) < 4.78 is 0. The van der Waals surface area contributed by atoms with Crippen LogP contribution in [0.5, 0.6) is 0 Å². The third kappa shape index (κ3) is 3.24. The van der Waals surface area contributed by atoms with Gasteiger partial charge in [0.1, 0.15) is 6.29 Å². The summed E-state index contributed by atoms with van der Waals surface area (Å²) in [5.41, 5.74) is 0.363. The van der Waals surface area contributed by atoms with Gasteiger partial charge in [-0.2, -0.15) is 0 Å². The van der Waals surface area contributed by atoms with Gasteiger partial charge < -0.3 is 10.1 Å². The zero-order valence-electron chi connectivity index (χ0n) is 9.92. The lowest BCUT2D eigenvalue weighted by atomic mass is 10.3. The molecule has 6 nitrogen and oxygen atoms in total. The molecule has 0 radical (unpaired) electrons. The Morgan fingerprint density at radius 1 is 1.56 bits per heavy atom. The van der Waals surface area contributed by atoms with Crippen molar-refractivity contribution in [1.29, 1.82) is 0 Å². The Bertz CT molecular complexity index is 485. The second-order valence-corrected chi connectivity index (χ2v) is 3.38. The highest BCUT2D eigenvalue weighted by Gasteiger charge is 2.17. The van der Waals surface area contributed by atoms with Crippen LogP contribution in [0.25, 0.3) is 0 Å². The average molecular weight is 247 g/mol. The first-order valence-electron chi connectivity index (χ1n) is 5.20. The van der Waals surface area contributed by atoms with Gasteiger partial charge >= 0.3 is 0 Å². The summed E-state index contributed by atoms with van der Waals surface area (Å²) in [4.78, 5) is 38.4. The number of nitrogens with one attached hydrogen (secondary N) is 1. The van der Waals surface area contributed by atoms with E-state index >= 15 is 0 Å². The Morgan fingerprint density at radius 2 is 2.28 bits per heavy atom. The van der Waals surface area contributed by atoms with E-state index < -0.39 is 5.91 Å². The fourth-order valence-corrected chi connectivity index (χ4v) is 1.36. The van der Waals surface area contributed by atoms with Gasteiger partial charge in [-0.05, 0) is 18.2 Å². The van der Waals surface area contributed by atoms with Crippen molar-refractivity contribution in [1.82, 2.24) is 4.98 Å². The van der Waals surface area contributed by atoms with Crippen LogP contribution in [0, 0.1) is 0 Å². The molecule has 1 heterocycles. The smallest absolute Gasteiger partial charge is 0.252 e. The highest BCUT2D eigenvalue weighted by atomic mass is 16.2. The molecule has 0 spiro atoms. The van der Waals surface area contributed by atoms with Gasteiger partial charge in [-0.15, -0.1) is 0 Å². The lowest BCUT2D eigenvalue weighted by Crippen LogP contribution is -2.32. The maximum atomic E-state index is 11.6. The van der Waals surface area contributed by atoms with Crippen LogP contribution >= 0.6 is 0 Å². The highest BCUT2D eigenvalue weighted by Crippen LogP contribution is 2.22. The molecule has 94 valence electrons. The third-order valence-corrected chi connectivity index (χ3v) is 2.05. The SMILES string of the molecule is C=CC(=O)N(CC=O)c1ncccc1NC(C)=O. The molecule has 1 aromatic rings. The van der Waals surface area contributed by atoms with Crippen LogP contribution in [0.1, 0.15) is 6.92 Å². The van der Waals surface area contributed by atoms with Crippen LogP contribution in [0.4, 0.5) is 11.5 Å². The molecule has 0 aliphatic rings. The molecule has 1 aromatic heterocycles. The van der Waals surface area contributed by atoms with E-state index in [2.05, 4.69) is 16.9 Å². The molecule has 0 bridgehead atoms. The molecule has 0 atom stereocenters. The van der Waals surface area contributed by atoms with Crippen molar-refractivity contribution in [3.05, 3.63) is 31.0 Å². The summed E-state index contributed by atoms with van der Waals surface area (Å²) in [6, 6.07) is 3.21. The fraction of sp³-hybridized carbons (Fsp3) is 0.167. The van der Waals surface area contributed by atoms with E-state index in [1.54, 1.807) is 12.1 Å². The number of amides is 2. The predicted octanol–water partition coefficient (Wildman–Crippen LogP) is 0.758. The normalized spacial score (nSPS) is 9.39. The molecule has 0 saturated heterocycles. The Balaban J connectivity index is 3.17. The van der Waals surface area contributed by atoms with Gasteiger partial charge in [0, 0.05) is 13.1 Å². The Hall–Kier alpha value is -2.50. The van der Waals surface area contributed by atoms with E-state index in [-0.39, 0.29) is 18.3 Å². The zero-order chi connectivity index (χ0) is 13.5. The van der Waals surface area contributed by atoms with Gasteiger partial charge in [0.25, 0.3) is 5.91 Å². The molecule has 6 heteroatoms. The first kappa shape index (κ1) is 13.6. The summed E-state index contributed by atoms with van der Waals surface area (Å²) in [5.74, 6) is -0.543. The standard InChI is InChI=1S/C12H13N3O3/c1-3-11(18)15(7-8-16)12-10(14-9(2)17)5-4-6-13-12/h3-6,8H,1,7H2,2H3,(H,14,17). The number of nitrogens with zero attached hydrogens (tertiary/aromatic N) is 2. The number of carbonyl (C=O) groups excluding carboxylic acids is 3. The predicted molar refractivity (Wildman–Crippen MR) is 67.2 cm³/mol. The lowest BCUT2D eigenvalue weighted by molar-refractivity contribution is -0.116. The molecule has 1 rings (SSSR count). The fourth-order valence-electron chi connectivity index (χ4n) is 1.36.